The zero-order valence-corrected chi connectivity index (χ0v) is 21.5. The first-order chi connectivity index (χ1) is 18.3. The molecule has 0 atom stereocenters. The molecule has 0 fully saturated rings. The van der Waals surface area contributed by atoms with Gasteiger partial charge in [0.2, 0.25) is 11.8 Å². The molecule has 5 N–H and O–H groups in total. The molecule has 4 amide bonds. The molecule has 3 rings (SSSR count). The summed E-state index contributed by atoms with van der Waals surface area (Å²) in [6, 6.07) is 16.6. The lowest BCUT2D eigenvalue weighted by Gasteiger charge is -2.07. The number of hydrogen-bond acceptors (Lipinski definition) is 7. The summed E-state index contributed by atoms with van der Waals surface area (Å²) >= 11 is 1.09. The van der Waals surface area contributed by atoms with E-state index in [2.05, 4.69) is 31.2 Å². The summed E-state index contributed by atoms with van der Waals surface area (Å²) in [5.74, 6) is -0.749. The number of nitrogens with zero attached hydrogens (tertiary/aromatic N) is 2. The van der Waals surface area contributed by atoms with Gasteiger partial charge >= 0.3 is 6.09 Å². The molecular formula is C26H28N6O5S. The van der Waals surface area contributed by atoms with Crippen LogP contribution in [0.15, 0.2) is 59.6 Å². The van der Waals surface area contributed by atoms with Gasteiger partial charge in [-0.3, -0.25) is 19.7 Å². The molecule has 0 aliphatic heterocycles. The van der Waals surface area contributed by atoms with E-state index in [1.165, 1.54) is 6.92 Å². The number of aromatic nitrogens is 1. The van der Waals surface area contributed by atoms with E-state index in [9.17, 15) is 19.2 Å². The van der Waals surface area contributed by atoms with Crippen molar-refractivity contribution in [2.75, 3.05) is 18.4 Å². The molecule has 0 radical (unpaired) electrons. The van der Waals surface area contributed by atoms with Crippen LogP contribution in [0, 0.1) is 0 Å². The number of carboxylic acid groups (broad SMARTS) is 1. The summed E-state index contributed by atoms with van der Waals surface area (Å²) < 4.78 is 0. The number of benzene rings is 2. The van der Waals surface area contributed by atoms with E-state index in [0.29, 0.717) is 34.2 Å². The Labute approximate surface area is 223 Å². The number of aliphatic imine (C=N–C) groups is 1. The van der Waals surface area contributed by atoms with Crippen molar-refractivity contribution in [1.82, 2.24) is 20.9 Å². The predicted molar refractivity (Wildman–Crippen MR) is 145 cm³/mol. The van der Waals surface area contributed by atoms with Gasteiger partial charge in [0, 0.05) is 20.0 Å². The summed E-state index contributed by atoms with van der Waals surface area (Å²) in [6.45, 7) is 1.89. The number of rotatable bonds is 12. The van der Waals surface area contributed by atoms with Crippen LogP contribution in [0.2, 0.25) is 0 Å². The second kappa shape index (κ2) is 14.2. The molecule has 2 aromatic carbocycles. The number of amides is 4. The van der Waals surface area contributed by atoms with Gasteiger partial charge in [-0.2, -0.15) is 0 Å². The number of aryl methyl sites for hydroxylation is 2. The van der Waals surface area contributed by atoms with Crippen LogP contribution in [0.1, 0.15) is 33.4 Å². The number of anilines is 1. The highest BCUT2D eigenvalue weighted by molar-refractivity contribution is 7.17. The third kappa shape index (κ3) is 9.47. The summed E-state index contributed by atoms with van der Waals surface area (Å²) in [6.07, 6.45) is 1.20. The van der Waals surface area contributed by atoms with Crippen molar-refractivity contribution in [3.63, 3.8) is 0 Å². The fourth-order valence-electron chi connectivity index (χ4n) is 3.38. The van der Waals surface area contributed by atoms with Gasteiger partial charge in [-0.05, 0) is 36.1 Å². The predicted octanol–water partition coefficient (Wildman–Crippen LogP) is 2.90. The van der Waals surface area contributed by atoms with E-state index in [1.807, 2.05) is 42.5 Å². The third-order valence-electron chi connectivity index (χ3n) is 5.12. The smallest absolute Gasteiger partial charge is 0.409 e. The van der Waals surface area contributed by atoms with Crippen molar-refractivity contribution in [2.24, 2.45) is 4.99 Å². The lowest BCUT2D eigenvalue weighted by molar-refractivity contribution is -0.120. The van der Waals surface area contributed by atoms with Crippen LogP contribution in [0.3, 0.4) is 0 Å². The van der Waals surface area contributed by atoms with Gasteiger partial charge in [-0.25, -0.2) is 14.8 Å². The Balaban J connectivity index is 1.55. The number of nitrogens with one attached hydrogen (secondary N) is 4. The zero-order valence-electron chi connectivity index (χ0n) is 20.7. The highest BCUT2D eigenvalue weighted by atomic mass is 32.1. The lowest BCUT2D eigenvalue weighted by atomic mass is 10.1. The summed E-state index contributed by atoms with van der Waals surface area (Å²) in [5, 5.41) is 19.2. The highest BCUT2D eigenvalue weighted by Crippen LogP contribution is 2.25. The molecule has 0 aliphatic rings. The van der Waals surface area contributed by atoms with Gasteiger partial charge in [0.1, 0.15) is 4.88 Å². The van der Waals surface area contributed by atoms with Gasteiger partial charge in [-0.15, -0.1) is 0 Å². The van der Waals surface area contributed by atoms with Gasteiger partial charge in [-0.1, -0.05) is 53.8 Å². The Hall–Kier alpha value is -4.58. The number of thiazole rings is 1. The van der Waals surface area contributed by atoms with E-state index in [4.69, 9.17) is 5.11 Å². The SMILES string of the molecule is CC(=O)Nc1nc(CCc2ccc(N=CNC(=O)O)cc2)c(C(=O)NCCNC(=O)Cc2ccccc2)s1. The maximum atomic E-state index is 12.9. The minimum absolute atomic E-state index is 0.133. The molecule has 1 aromatic heterocycles. The fraction of sp³-hybridized carbons (Fsp3) is 0.231. The van der Waals surface area contributed by atoms with Crippen molar-refractivity contribution in [1.29, 1.82) is 0 Å². The summed E-state index contributed by atoms with van der Waals surface area (Å²) in [7, 11) is 0. The van der Waals surface area contributed by atoms with Crippen LogP contribution >= 0.6 is 11.3 Å². The normalized spacial score (nSPS) is 10.7. The Morgan fingerprint density at radius 2 is 1.66 bits per heavy atom. The van der Waals surface area contributed by atoms with Crippen molar-refractivity contribution < 1.29 is 24.3 Å². The van der Waals surface area contributed by atoms with E-state index in [-0.39, 0.29) is 37.2 Å². The van der Waals surface area contributed by atoms with Crippen molar-refractivity contribution in [2.45, 2.75) is 26.2 Å². The van der Waals surface area contributed by atoms with Gasteiger partial charge in [0.05, 0.1) is 24.1 Å². The maximum Gasteiger partial charge on any atom is 0.409 e. The van der Waals surface area contributed by atoms with Crippen LogP contribution in [0.4, 0.5) is 15.6 Å². The topological polar surface area (TPSA) is 162 Å². The molecular weight excluding hydrogens is 508 g/mol. The first kappa shape index (κ1) is 28.0. The van der Waals surface area contributed by atoms with Crippen LogP contribution in [0.25, 0.3) is 0 Å². The molecule has 198 valence electrons. The summed E-state index contributed by atoms with van der Waals surface area (Å²) in [5.41, 5.74) is 3.01. The van der Waals surface area contributed by atoms with E-state index in [0.717, 1.165) is 28.8 Å². The van der Waals surface area contributed by atoms with E-state index in [1.54, 1.807) is 12.1 Å². The standard InChI is InChI=1S/C26H28N6O5S/c1-17(33)31-25-32-21(12-9-18-7-10-20(11-8-18)29-16-30-26(36)37)23(38-25)24(35)28-14-13-27-22(34)15-19-5-3-2-4-6-19/h2-8,10-11,16H,9,12-15H2,1H3,(H,27,34)(H,28,35)(H,29,30)(H,36,37)(H,31,32,33). The molecule has 0 saturated heterocycles. The Morgan fingerprint density at radius 3 is 2.34 bits per heavy atom. The molecule has 3 aromatic rings. The quantitative estimate of drug-likeness (QED) is 0.136. The Kier molecular flexibility index (Phi) is 10.5. The third-order valence-corrected chi connectivity index (χ3v) is 6.13. The molecule has 0 bridgehead atoms. The molecule has 0 saturated carbocycles. The number of hydrogen-bond donors (Lipinski definition) is 5. The van der Waals surface area contributed by atoms with E-state index < -0.39 is 6.09 Å². The molecule has 0 aliphatic carbocycles. The van der Waals surface area contributed by atoms with Crippen molar-refractivity contribution in [3.8, 4) is 0 Å². The molecule has 1 heterocycles. The fourth-order valence-corrected chi connectivity index (χ4v) is 4.35. The lowest BCUT2D eigenvalue weighted by Crippen LogP contribution is -2.35. The molecule has 11 nitrogen and oxygen atoms in total. The molecule has 0 unspecified atom stereocenters. The van der Waals surface area contributed by atoms with E-state index >= 15 is 0 Å². The van der Waals surface area contributed by atoms with Gasteiger partial charge < -0.3 is 21.1 Å². The average Bonchev–Trinajstić information content (AvgIpc) is 3.28. The van der Waals surface area contributed by atoms with Crippen molar-refractivity contribution >= 4 is 52.3 Å². The second-order valence-corrected chi connectivity index (χ2v) is 9.12. The highest BCUT2D eigenvalue weighted by Gasteiger charge is 2.18. The van der Waals surface area contributed by atoms with Gasteiger partial charge in [0.15, 0.2) is 5.13 Å². The molecule has 38 heavy (non-hydrogen) atoms. The van der Waals surface area contributed by atoms with Crippen molar-refractivity contribution in [3.05, 3.63) is 76.3 Å². The van der Waals surface area contributed by atoms with Crippen LogP contribution < -0.4 is 21.3 Å². The Morgan fingerprint density at radius 1 is 0.947 bits per heavy atom. The monoisotopic (exact) mass is 536 g/mol. The van der Waals surface area contributed by atoms with Gasteiger partial charge in [0.25, 0.3) is 5.91 Å². The van der Waals surface area contributed by atoms with Crippen LogP contribution in [-0.4, -0.2) is 53.3 Å². The second-order valence-electron chi connectivity index (χ2n) is 8.12. The average molecular weight is 537 g/mol. The minimum Gasteiger partial charge on any atom is -0.465 e. The first-order valence-electron chi connectivity index (χ1n) is 11.8. The number of carbonyl (C=O) groups excluding carboxylic acids is 3. The Bertz CT molecular complexity index is 1290. The van der Waals surface area contributed by atoms with Crippen LogP contribution in [-0.2, 0) is 28.9 Å². The maximum absolute atomic E-state index is 12.9. The first-order valence-corrected chi connectivity index (χ1v) is 12.6. The van der Waals surface area contributed by atoms with Crippen LogP contribution in [0.5, 0.6) is 0 Å². The molecule has 0 spiro atoms. The number of carbonyl (C=O) groups is 4. The largest absolute Gasteiger partial charge is 0.465 e. The zero-order chi connectivity index (χ0) is 27.3. The molecule has 12 heteroatoms. The minimum atomic E-state index is -1.19. The summed E-state index contributed by atoms with van der Waals surface area (Å²) in [4.78, 5) is 55.8.